The summed E-state index contributed by atoms with van der Waals surface area (Å²) < 4.78 is 2.07. The first-order valence-electron chi connectivity index (χ1n) is 9.95. The maximum absolute atomic E-state index is 12.1. The first kappa shape index (κ1) is 19.3. The number of imidazole rings is 1. The van der Waals surface area contributed by atoms with Gasteiger partial charge in [0.15, 0.2) is 0 Å². The summed E-state index contributed by atoms with van der Waals surface area (Å²) in [6.45, 7) is 0.590. The molecule has 1 fully saturated rings. The van der Waals surface area contributed by atoms with Crippen molar-refractivity contribution in [3.63, 3.8) is 0 Å². The van der Waals surface area contributed by atoms with Crippen molar-refractivity contribution in [3.05, 3.63) is 96.8 Å². The predicted octanol–water partition coefficient (Wildman–Crippen LogP) is 5.47. The van der Waals surface area contributed by atoms with E-state index in [2.05, 4.69) is 45.9 Å². The average molecular weight is 426 g/mol. The monoisotopic (exact) mass is 425 g/mol. The zero-order valence-electron chi connectivity index (χ0n) is 16.6. The summed E-state index contributed by atoms with van der Waals surface area (Å²) in [5.41, 5.74) is 4.98. The van der Waals surface area contributed by atoms with E-state index in [4.69, 9.17) is 0 Å². The van der Waals surface area contributed by atoms with Crippen LogP contribution in [0.3, 0.4) is 0 Å². The van der Waals surface area contributed by atoms with Gasteiger partial charge >= 0.3 is 0 Å². The third-order valence-corrected chi connectivity index (χ3v) is 6.06. The molecule has 1 aromatic heterocycles. The molecule has 6 heteroatoms. The molecule has 0 saturated carbocycles. The highest BCUT2D eigenvalue weighted by atomic mass is 32.2. The van der Waals surface area contributed by atoms with Gasteiger partial charge in [-0.15, -0.1) is 0 Å². The number of nitrogens with zero attached hydrogens (tertiary/aromatic N) is 3. The van der Waals surface area contributed by atoms with Crippen molar-refractivity contribution < 1.29 is 9.59 Å². The molecule has 31 heavy (non-hydrogen) atoms. The first-order valence-corrected chi connectivity index (χ1v) is 10.9. The van der Waals surface area contributed by atoms with E-state index >= 15 is 0 Å². The second-order valence-corrected chi connectivity index (χ2v) is 8.20. The molecule has 1 aliphatic heterocycles. The Hall–Kier alpha value is -3.64. The van der Waals surface area contributed by atoms with Gasteiger partial charge in [0, 0.05) is 24.5 Å². The molecule has 0 N–H and O–H groups in total. The number of anilines is 1. The summed E-state index contributed by atoms with van der Waals surface area (Å²) in [5, 5.41) is -0.219. The lowest BCUT2D eigenvalue weighted by atomic mass is 10.0. The van der Waals surface area contributed by atoms with E-state index in [0.717, 1.165) is 34.3 Å². The van der Waals surface area contributed by atoms with Gasteiger partial charge in [0.1, 0.15) is 5.82 Å². The number of carbonyl (C=O) groups is 2. The van der Waals surface area contributed by atoms with E-state index in [0.29, 0.717) is 12.2 Å². The molecule has 1 aliphatic rings. The number of thioether (sulfide) groups is 1. The number of carbonyl (C=O) groups excluding carboxylic acids is 2. The van der Waals surface area contributed by atoms with Crippen LogP contribution >= 0.6 is 11.8 Å². The standard InChI is InChI=1S/C25H19N3O2S/c29-23-17-31-25(30)28(23)22-8-4-5-18(15-22)16-27-14-13-26-24(27)21-11-9-20(10-12-21)19-6-2-1-3-7-19/h1-15H,16-17H2. The summed E-state index contributed by atoms with van der Waals surface area (Å²) in [7, 11) is 0. The van der Waals surface area contributed by atoms with Crippen LogP contribution in [0.1, 0.15) is 5.56 Å². The first-order chi connectivity index (χ1) is 15.2. The Morgan fingerprint density at radius 1 is 0.839 bits per heavy atom. The van der Waals surface area contributed by atoms with Crippen LogP contribution in [-0.4, -0.2) is 26.5 Å². The fourth-order valence-electron chi connectivity index (χ4n) is 3.73. The van der Waals surface area contributed by atoms with Crippen LogP contribution in [-0.2, 0) is 11.3 Å². The maximum atomic E-state index is 12.1. The van der Waals surface area contributed by atoms with Crippen molar-refractivity contribution in [1.82, 2.24) is 9.55 Å². The normalized spacial score (nSPS) is 13.7. The number of amides is 2. The smallest absolute Gasteiger partial charge is 0.293 e. The zero-order valence-corrected chi connectivity index (χ0v) is 17.5. The molecule has 0 bridgehead atoms. The topological polar surface area (TPSA) is 55.2 Å². The summed E-state index contributed by atoms with van der Waals surface area (Å²) in [6, 6.07) is 26.2. The van der Waals surface area contributed by atoms with Crippen LogP contribution in [0.25, 0.3) is 22.5 Å². The van der Waals surface area contributed by atoms with Gasteiger partial charge in [0.2, 0.25) is 5.91 Å². The minimum Gasteiger partial charge on any atom is -0.327 e. The molecular weight excluding hydrogens is 406 g/mol. The van der Waals surface area contributed by atoms with Gasteiger partial charge in [-0.25, -0.2) is 9.88 Å². The van der Waals surface area contributed by atoms with Gasteiger partial charge in [-0.2, -0.15) is 0 Å². The lowest BCUT2D eigenvalue weighted by Crippen LogP contribution is -2.28. The summed E-state index contributed by atoms with van der Waals surface area (Å²) in [4.78, 5) is 29.9. The van der Waals surface area contributed by atoms with Gasteiger partial charge in [-0.3, -0.25) is 9.59 Å². The molecule has 0 radical (unpaired) electrons. The van der Waals surface area contributed by atoms with E-state index < -0.39 is 0 Å². The van der Waals surface area contributed by atoms with E-state index in [9.17, 15) is 9.59 Å². The SMILES string of the molecule is O=C1CSC(=O)N1c1cccc(Cn2ccnc2-c2ccc(-c3ccccc3)cc2)c1. The number of rotatable bonds is 5. The molecule has 4 aromatic rings. The highest BCUT2D eigenvalue weighted by molar-refractivity contribution is 8.15. The molecule has 5 rings (SSSR count). The zero-order chi connectivity index (χ0) is 21.2. The number of imide groups is 1. The third kappa shape index (κ3) is 3.90. The predicted molar refractivity (Wildman–Crippen MR) is 124 cm³/mol. The molecule has 152 valence electrons. The van der Waals surface area contributed by atoms with Crippen LogP contribution in [0.15, 0.2) is 91.3 Å². The molecule has 0 aliphatic carbocycles. The second kappa shape index (κ2) is 8.24. The van der Waals surface area contributed by atoms with Crippen LogP contribution < -0.4 is 4.90 Å². The largest absolute Gasteiger partial charge is 0.327 e. The summed E-state index contributed by atoms with van der Waals surface area (Å²) >= 11 is 1.04. The lowest BCUT2D eigenvalue weighted by molar-refractivity contribution is -0.115. The van der Waals surface area contributed by atoms with Crippen LogP contribution in [0.5, 0.6) is 0 Å². The molecule has 2 heterocycles. The Morgan fingerprint density at radius 2 is 1.58 bits per heavy atom. The molecule has 1 saturated heterocycles. The highest BCUT2D eigenvalue weighted by Gasteiger charge is 2.31. The van der Waals surface area contributed by atoms with Gasteiger partial charge in [-0.05, 0) is 28.8 Å². The van der Waals surface area contributed by atoms with Gasteiger partial charge in [-0.1, -0.05) is 78.5 Å². The Morgan fingerprint density at radius 3 is 2.32 bits per heavy atom. The Labute approximate surface area is 184 Å². The third-order valence-electron chi connectivity index (χ3n) is 5.24. The molecule has 3 aromatic carbocycles. The minimum atomic E-state index is -0.219. The summed E-state index contributed by atoms with van der Waals surface area (Å²) in [5.74, 6) is 0.899. The van der Waals surface area contributed by atoms with Crippen molar-refractivity contribution in [3.8, 4) is 22.5 Å². The fourth-order valence-corrected chi connectivity index (χ4v) is 4.45. The Kier molecular flexibility index (Phi) is 5.14. The Bertz CT molecular complexity index is 1230. The fraction of sp³-hybridized carbons (Fsp3) is 0.0800. The molecule has 0 atom stereocenters. The minimum absolute atomic E-state index is 0.172. The van der Waals surface area contributed by atoms with E-state index in [1.54, 1.807) is 12.3 Å². The van der Waals surface area contributed by atoms with E-state index in [-0.39, 0.29) is 16.9 Å². The molecule has 2 amide bonds. The van der Waals surface area contributed by atoms with E-state index in [1.807, 2.05) is 42.6 Å². The molecule has 5 nitrogen and oxygen atoms in total. The van der Waals surface area contributed by atoms with Gasteiger partial charge in [0.25, 0.3) is 5.24 Å². The number of hydrogen-bond donors (Lipinski definition) is 0. The lowest BCUT2D eigenvalue weighted by Gasteiger charge is -2.15. The molecule has 0 spiro atoms. The van der Waals surface area contributed by atoms with Crippen molar-refractivity contribution in [1.29, 1.82) is 0 Å². The quantitative estimate of drug-likeness (QED) is 0.426. The summed E-state index contributed by atoms with van der Waals surface area (Å²) in [6.07, 6.45) is 3.73. The number of aromatic nitrogens is 2. The van der Waals surface area contributed by atoms with Crippen LogP contribution in [0.4, 0.5) is 10.5 Å². The van der Waals surface area contributed by atoms with Crippen molar-refractivity contribution >= 4 is 28.6 Å². The Balaban J connectivity index is 1.40. The number of hydrogen-bond acceptors (Lipinski definition) is 4. The second-order valence-electron chi connectivity index (χ2n) is 7.28. The maximum Gasteiger partial charge on any atom is 0.293 e. The van der Waals surface area contributed by atoms with Crippen molar-refractivity contribution in [2.45, 2.75) is 6.54 Å². The average Bonchev–Trinajstić information content (AvgIpc) is 3.40. The van der Waals surface area contributed by atoms with Crippen molar-refractivity contribution in [2.75, 3.05) is 10.7 Å². The van der Waals surface area contributed by atoms with Crippen LogP contribution in [0, 0.1) is 0 Å². The van der Waals surface area contributed by atoms with Crippen molar-refractivity contribution in [2.24, 2.45) is 0 Å². The van der Waals surface area contributed by atoms with Gasteiger partial charge < -0.3 is 4.57 Å². The van der Waals surface area contributed by atoms with Crippen LogP contribution in [0.2, 0.25) is 0 Å². The molecule has 0 unspecified atom stereocenters. The van der Waals surface area contributed by atoms with E-state index in [1.165, 1.54) is 10.5 Å². The number of benzene rings is 3. The molecular formula is C25H19N3O2S. The highest BCUT2D eigenvalue weighted by Crippen LogP contribution is 2.28. The van der Waals surface area contributed by atoms with Gasteiger partial charge in [0.05, 0.1) is 11.4 Å².